The summed E-state index contributed by atoms with van der Waals surface area (Å²) in [6.45, 7) is 13.8. The van der Waals surface area contributed by atoms with Gasteiger partial charge < -0.3 is 5.32 Å². The van der Waals surface area contributed by atoms with Gasteiger partial charge in [0.25, 0.3) is 0 Å². The van der Waals surface area contributed by atoms with E-state index in [0.717, 1.165) is 13.1 Å². The Morgan fingerprint density at radius 3 is 2.42 bits per heavy atom. The first-order valence-electron chi connectivity index (χ1n) is 7.51. The van der Waals surface area contributed by atoms with E-state index >= 15 is 0 Å². The van der Waals surface area contributed by atoms with Crippen LogP contribution in [0.2, 0.25) is 0 Å². The minimum Gasteiger partial charge on any atom is -0.314 e. The van der Waals surface area contributed by atoms with Crippen LogP contribution >= 0.6 is 0 Å². The number of nitrogens with zero attached hydrogens (tertiary/aromatic N) is 1. The molecule has 0 aromatic heterocycles. The van der Waals surface area contributed by atoms with E-state index in [2.05, 4.69) is 56.1 Å². The molecule has 19 heavy (non-hydrogen) atoms. The van der Waals surface area contributed by atoms with Crippen LogP contribution in [0, 0.1) is 13.8 Å². The summed E-state index contributed by atoms with van der Waals surface area (Å²) in [5.74, 6) is 0. The molecule has 1 saturated heterocycles. The molecule has 1 aliphatic heterocycles. The Balaban J connectivity index is 1.94. The van der Waals surface area contributed by atoms with E-state index in [1.54, 1.807) is 0 Å². The van der Waals surface area contributed by atoms with Crippen LogP contribution < -0.4 is 5.32 Å². The molecule has 0 aliphatic carbocycles. The van der Waals surface area contributed by atoms with Crippen LogP contribution in [0.5, 0.6) is 0 Å². The zero-order valence-electron chi connectivity index (χ0n) is 12.9. The van der Waals surface area contributed by atoms with E-state index in [9.17, 15) is 0 Å². The van der Waals surface area contributed by atoms with E-state index < -0.39 is 0 Å². The summed E-state index contributed by atoms with van der Waals surface area (Å²) in [6, 6.07) is 6.89. The second kappa shape index (κ2) is 6.06. The molecule has 106 valence electrons. The molecule has 0 bridgehead atoms. The average molecular weight is 260 g/mol. The van der Waals surface area contributed by atoms with E-state index in [0.29, 0.717) is 5.54 Å². The molecule has 1 heterocycles. The Morgan fingerprint density at radius 2 is 1.79 bits per heavy atom. The van der Waals surface area contributed by atoms with Crippen LogP contribution in [0.1, 0.15) is 37.0 Å². The quantitative estimate of drug-likeness (QED) is 0.895. The summed E-state index contributed by atoms with van der Waals surface area (Å²) >= 11 is 0. The second-order valence-electron chi connectivity index (χ2n) is 6.47. The van der Waals surface area contributed by atoms with Crippen molar-refractivity contribution in [3.05, 3.63) is 34.9 Å². The molecule has 2 heteroatoms. The molecule has 1 aromatic carbocycles. The fraction of sp³-hybridized carbons (Fsp3) is 0.647. The summed E-state index contributed by atoms with van der Waals surface area (Å²) in [5.41, 5.74) is 4.59. The molecule has 2 rings (SSSR count). The van der Waals surface area contributed by atoms with Gasteiger partial charge in [0.15, 0.2) is 0 Å². The number of hydrogen-bond acceptors (Lipinski definition) is 2. The number of aryl methyl sites for hydroxylation is 3. The molecule has 0 radical (unpaired) electrons. The lowest BCUT2D eigenvalue weighted by Crippen LogP contribution is -2.53. The minimum atomic E-state index is 0.306. The third-order valence-electron chi connectivity index (χ3n) is 4.57. The van der Waals surface area contributed by atoms with E-state index in [-0.39, 0.29) is 0 Å². The second-order valence-corrected chi connectivity index (χ2v) is 6.47. The van der Waals surface area contributed by atoms with Crippen LogP contribution in [0.4, 0.5) is 0 Å². The molecule has 0 unspecified atom stereocenters. The van der Waals surface area contributed by atoms with Gasteiger partial charge in [-0.3, -0.25) is 4.90 Å². The highest BCUT2D eigenvalue weighted by atomic mass is 15.2. The van der Waals surface area contributed by atoms with Gasteiger partial charge in [-0.15, -0.1) is 0 Å². The maximum atomic E-state index is 3.43. The lowest BCUT2D eigenvalue weighted by Gasteiger charge is -2.41. The van der Waals surface area contributed by atoms with E-state index in [4.69, 9.17) is 0 Å². The molecule has 0 amide bonds. The van der Waals surface area contributed by atoms with Crippen molar-refractivity contribution >= 4 is 0 Å². The van der Waals surface area contributed by atoms with Crippen LogP contribution in [0.3, 0.4) is 0 Å². The largest absolute Gasteiger partial charge is 0.314 e. The summed E-state index contributed by atoms with van der Waals surface area (Å²) in [5, 5.41) is 3.43. The van der Waals surface area contributed by atoms with Crippen molar-refractivity contribution in [2.45, 2.75) is 46.1 Å². The smallest absolute Gasteiger partial charge is 0.0157 e. The summed E-state index contributed by atoms with van der Waals surface area (Å²) in [4.78, 5) is 2.63. The van der Waals surface area contributed by atoms with Crippen LogP contribution in [0.15, 0.2) is 18.2 Å². The third kappa shape index (κ3) is 3.80. The third-order valence-corrected chi connectivity index (χ3v) is 4.57. The van der Waals surface area contributed by atoms with Gasteiger partial charge in [-0.1, -0.05) is 18.2 Å². The Bertz CT molecular complexity index is 417. The fourth-order valence-electron chi connectivity index (χ4n) is 2.84. The summed E-state index contributed by atoms with van der Waals surface area (Å²) in [6.07, 6.45) is 2.41. The van der Waals surface area contributed by atoms with Gasteiger partial charge in [0.2, 0.25) is 0 Å². The maximum Gasteiger partial charge on any atom is 0.0157 e. The molecular weight excluding hydrogens is 232 g/mol. The molecule has 1 N–H and O–H groups in total. The predicted octanol–water partition coefficient (Wildman–Crippen LogP) is 2.92. The number of hydrogen-bond donors (Lipinski definition) is 1. The van der Waals surface area contributed by atoms with Crippen molar-refractivity contribution < 1.29 is 0 Å². The fourth-order valence-corrected chi connectivity index (χ4v) is 2.84. The molecular formula is C17H28N2. The van der Waals surface area contributed by atoms with Gasteiger partial charge in [0.1, 0.15) is 0 Å². The molecule has 0 atom stereocenters. The van der Waals surface area contributed by atoms with Crippen molar-refractivity contribution in [1.82, 2.24) is 10.2 Å². The summed E-state index contributed by atoms with van der Waals surface area (Å²) in [7, 11) is 0. The lowest BCUT2D eigenvalue weighted by atomic mass is 9.92. The van der Waals surface area contributed by atoms with Crippen molar-refractivity contribution in [3.63, 3.8) is 0 Å². The van der Waals surface area contributed by atoms with Crippen molar-refractivity contribution in [2.24, 2.45) is 0 Å². The lowest BCUT2D eigenvalue weighted by molar-refractivity contribution is 0.0959. The predicted molar refractivity (Wildman–Crippen MR) is 82.8 cm³/mol. The molecule has 0 saturated carbocycles. The standard InChI is InChI=1S/C17H28N2/c1-14-5-6-16(13-15(14)2)7-8-17(3,4)19-11-9-18-10-12-19/h5-6,13,18H,7-12H2,1-4H3. The highest BCUT2D eigenvalue weighted by Crippen LogP contribution is 2.22. The van der Waals surface area contributed by atoms with Crippen LogP contribution in [-0.4, -0.2) is 36.6 Å². The number of rotatable bonds is 4. The normalized spacial score (nSPS) is 17.7. The Morgan fingerprint density at radius 1 is 1.11 bits per heavy atom. The van der Waals surface area contributed by atoms with Gasteiger partial charge >= 0.3 is 0 Å². The molecule has 1 aromatic rings. The zero-order chi connectivity index (χ0) is 13.9. The monoisotopic (exact) mass is 260 g/mol. The maximum absolute atomic E-state index is 3.43. The van der Waals surface area contributed by atoms with Gasteiger partial charge in [0, 0.05) is 31.7 Å². The zero-order valence-corrected chi connectivity index (χ0v) is 12.9. The van der Waals surface area contributed by atoms with Gasteiger partial charge in [-0.05, 0) is 57.2 Å². The number of piperazine rings is 1. The van der Waals surface area contributed by atoms with Gasteiger partial charge in [0.05, 0.1) is 0 Å². The number of nitrogens with one attached hydrogen (secondary N) is 1. The summed E-state index contributed by atoms with van der Waals surface area (Å²) < 4.78 is 0. The minimum absolute atomic E-state index is 0.306. The van der Waals surface area contributed by atoms with Crippen molar-refractivity contribution in [3.8, 4) is 0 Å². The van der Waals surface area contributed by atoms with Crippen molar-refractivity contribution in [2.75, 3.05) is 26.2 Å². The van der Waals surface area contributed by atoms with Gasteiger partial charge in [-0.2, -0.15) is 0 Å². The first kappa shape index (κ1) is 14.5. The topological polar surface area (TPSA) is 15.3 Å². The van der Waals surface area contributed by atoms with E-state index in [1.807, 2.05) is 0 Å². The van der Waals surface area contributed by atoms with Crippen LogP contribution in [0.25, 0.3) is 0 Å². The first-order valence-corrected chi connectivity index (χ1v) is 7.51. The average Bonchev–Trinajstić information content (AvgIpc) is 2.41. The molecule has 1 aliphatic rings. The molecule has 1 fully saturated rings. The van der Waals surface area contributed by atoms with Crippen LogP contribution in [-0.2, 0) is 6.42 Å². The number of benzene rings is 1. The first-order chi connectivity index (χ1) is 8.99. The highest BCUT2D eigenvalue weighted by molar-refractivity contribution is 5.30. The highest BCUT2D eigenvalue weighted by Gasteiger charge is 2.27. The Hall–Kier alpha value is -0.860. The molecule has 2 nitrogen and oxygen atoms in total. The van der Waals surface area contributed by atoms with Crippen molar-refractivity contribution in [1.29, 1.82) is 0 Å². The Kier molecular flexibility index (Phi) is 4.64. The SMILES string of the molecule is Cc1ccc(CCC(C)(C)N2CCNCC2)cc1C. The Labute approximate surface area is 118 Å². The van der Waals surface area contributed by atoms with E-state index in [1.165, 1.54) is 42.6 Å². The van der Waals surface area contributed by atoms with Gasteiger partial charge in [-0.25, -0.2) is 0 Å². The molecule has 0 spiro atoms.